The Balaban J connectivity index is 0.000000162. The zero-order valence-electron chi connectivity index (χ0n) is 26.1. The highest BCUT2D eigenvalue weighted by Crippen LogP contribution is 2.30. The molecule has 0 radical (unpaired) electrons. The van der Waals surface area contributed by atoms with Gasteiger partial charge in [-0.05, 0) is 63.1 Å². The first-order valence-corrected chi connectivity index (χ1v) is 15.7. The van der Waals surface area contributed by atoms with Crippen LogP contribution >= 0.6 is 0 Å². The Hall–Kier alpha value is -4.87. The number of nitrogens with zero attached hydrogens (tertiary/aromatic N) is 1. The van der Waals surface area contributed by atoms with Crippen molar-refractivity contribution in [1.29, 1.82) is 0 Å². The van der Waals surface area contributed by atoms with Crippen molar-refractivity contribution in [2.24, 2.45) is 0 Å². The second-order valence-electron chi connectivity index (χ2n) is 10.2. The fourth-order valence-corrected chi connectivity index (χ4v) is 5.00. The summed E-state index contributed by atoms with van der Waals surface area (Å²) in [4.78, 5) is 0. The van der Waals surface area contributed by atoms with Gasteiger partial charge in [-0.3, -0.25) is 0 Å². The summed E-state index contributed by atoms with van der Waals surface area (Å²) >= 11 is 0. The van der Waals surface area contributed by atoms with Gasteiger partial charge in [0.05, 0.1) is 14.2 Å². The lowest BCUT2D eigenvalue weighted by atomic mass is 9.80. The molecule has 0 bridgehead atoms. The minimum absolute atomic E-state index is 0.344. The Morgan fingerprint density at radius 2 is 1.07 bits per heavy atom. The topological polar surface area (TPSA) is 106 Å². The molecule has 6 aromatic carbocycles. The van der Waals surface area contributed by atoms with Crippen molar-refractivity contribution in [3.05, 3.63) is 133 Å². The predicted molar refractivity (Wildman–Crippen MR) is 186 cm³/mol. The van der Waals surface area contributed by atoms with Crippen LogP contribution in [-0.2, 0) is 10.3 Å². The minimum atomic E-state index is -3.71. The number of fused-ring (bicyclic) bond motifs is 2. The largest absolute Gasteiger partial charge is 0.497 e. The van der Waals surface area contributed by atoms with E-state index in [9.17, 15) is 8.42 Å². The van der Waals surface area contributed by atoms with E-state index in [1.807, 2.05) is 42.5 Å². The van der Waals surface area contributed by atoms with Gasteiger partial charge in [-0.1, -0.05) is 103 Å². The van der Waals surface area contributed by atoms with Gasteiger partial charge in [0.2, 0.25) is 0 Å². The van der Waals surface area contributed by atoms with Crippen molar-refractivity contribution in [3.8, 4) is 28.4 Å². The maximum Gasteiger partial charge on any atom is 0.488 e. The summed E-state index contributed by atoms with van der Waals surface area (Å²) in [6.45, 7) is 0. The van der Waals surface area contributed by atoms with Gasteiger partial charge in [-0.15, -0.1) is 0 Å². The van der Waals surface area contributed by atoms with E-state index in [0.29, 0.717) is 17.0 Å². The molecule has 0 aliphatic carbocycles. The van der Waals surface area contributed by atoms with Crippen LogP contribution in [0.4, 0.5) is 0 Å². The van der Waals surface area contributed by atoms with Gasteiger partial charge in [-0.25, -0.2) is 0 Å². The standard InChI is InChI=1S/C17H14O.C12H13NO3S.C7H9BO3/c1-18-15-11-9-14(10-12-15)17-8-4-6-13-5-2-3-7-16(13)17;1-13(2)17(14,15)16-12-9-5-7-10-6-3-4-8-11(10)12;1-11-7-4-2-6(3-5-7)8(9)10/h2-12H,1H3;3-9H,1-2H3;2-5,9-10H,1H3. The van der Waals surface area contributed by atoms with E-state index in [1.165, 1.54) is 36.0 Å². The second kappa shape index (κ2) is 15.9. The van der Waals surface area contributed by atoms with Crippen molar-refractivity contribution in [1.82, 2.24) is 4.31 Å². The normalized spacial score (nSPS) is 10.8. The van der Waals surface area contributed by atoms with Crippen LogP contribution in [0.15, 0.2) is 133 Å². The smallest absolute Gasteiger partial charge is 0.488 e. The van der Waals surface area contributed by atoms with E-state index < -0.39 is 17.4 Å². The van der Waals surface area contributed by atoms with Crippen molar-refractivity contribution in [3.63, 3.8) is 0 Å². The quantitative estimate of drug-likeness (QED) is 0.210. The van der Waals surface area contributed by atoms with Crippen LogP contribution in [0.1, 0.15) is 0 Å². The third-order valence-electron chi connectivity index (χ3n) is 7.00. The first-order chi connectivity index (χ1) is 22.1. The lowest BCUT2D eigenvalue weighted by Gasteiger charge is -2.13. The number of hydrogen-bond acceptors (Lipinski definition) is 7. The van der Waals surface area contributed by atoms with E-state index in [1.54, 1.807) is 50.6 Å². The molecule has 46 heavy (non-hydrogen) atoms. The first kappa shape index (κ1) is 34.0. The van der Waals surface area contributed by atoms with Crippen LogP contribution in [0.5, 0.6) is 17.2 Å². The molecule has 0 atom stereocenters. The summed E-state index contributed by atoms with van der Waals surface area (Å²) < 4.78 is 39.5. The van der Waals surface area contributed by atoms with Gasteiger partial charge >= 0.3 is 17.4 Å². The molecule has 0 aliphatic heterocycles. The highest BCUT2D eigenvalue weighted by Gasteiger charge is 2.17. The summed E-state index contributed by atoms with van der Waals surface area (Å²) in [7, 11) is 0.998. The zero-order valence-corrected chi connectivity index (χ0v) is 26.9. The van der Waals surface area contributed by atoms with E-state index in [-0.39, 0.29) is 0 Å². The Labute approximate surface area is 270 Å². The van der Waals surface area contributed by atoms with Crippen molar-refractivity contribution < 1.29 is 32.1 Å². The van der Waals surface area contributed by atoms with Gasteiger partial charge in [0.1, 0.15) is 11.5 Å². The number of methoxy groups -OCH3 is 2. The summed E-state index contributed by atoms with van der Waals surface area (Å²) in [6, 6.07) is 42.4. The highest BCUT2D eigenvalue weighted by atomic mass is 32.2. The van der Waals surface area contributed by atoms with Crippen LogP contribution < -0.4 is 19.1 Å². The minimum Gasteiger partial charge on any atom is -0.497 e. The fourth-order valence-electron chi connectivity index (χ4n) is 4.48. The molecule has 0 saturated heterocycles. The van der Waals surface area contributed by atoms with Crippen LogP contribution in [-0.4, -0.2) is 58.2 Å². The van der Waals surface area contributed by atoms with Gasteiger partial charge < -0.3 is 23.7 Å². The highest BCUT2D eigenvalue weighted by molar-refractivity contribution is 7.84. The van der Waals surface area contributed by atoms with Crippen molar-refractivity contribution in [2.45, 2.75) is 0 Å². The third kappa shape index (κ3) is 8.86. The maximum absolute atomic E-state index is 11.6. The molecular formula is C36H36BNO7S. The Bertz CT molecular complexity index is 1950. The SMILES string of the molecule is CN(C)S(=O)(=O)Oc1cccc2ccccc12.COc1ccc(-c2cccc3ccccc23)cc1.COc1ccc(B(O)O)cc1. The van der Waals surface area contributed by atoms with Gasteiger partial charge in [0.25, 0.3) is 0 Å². The third-order valence-corrected chi connectivity index (χ3v) is 8.28. The van der Waals surface area contributed by atoms with Gasteiger partial charge in [0.15, 0.2) is 5.75 Å². The fraction of sp³-hybridized carbons (Fsp3) is 0.111. The number of ether oxygens (including phenoxy) is 2. The van der Waals surface area contributed by atoms with Gasteiger partial charge in [-0.2, -0.15) is 12.7 Å². The van der Waals surface area contributed by atoms with Crippen LogP contribution in [0.2, 0.25) is 0 Å². The molecule has 2 N–H and O–H groups in total. The number of hydrogen-bond donors (Lipinski definition) is 2. The van der Waals surface area contributed by atoms with E-state index in [4.69, 9.17) is 23.7 Å². The molecule has 0 heterocycles. The lowest BCUT2D eigenvalue weighted by molar-refractivity contribution is 0.414. The Kier molecular flexibility index (Phi) is 11.8. The van der Waals surface area contributed by atoms with E-state index in [2.05, 4.69) is 54.6 Å². The monoisotopic (exact) mass is 637 g/mol. The molecular weight excluding hydrogens is 601 g/mol. The molecule has 0 aromatic heterocycles. The number of rotatable bonds is 7. The van der Waals surface area contributed by atoms with Crippen molar-refractivity contribution >= 4 is 44.4 Å². The van der Waals surface area contributed by atoms with E-state index in [0.717, 1.165) is 20.8 Å². The molecule has 0 saturated carbocycles. The second-order valence-corrected chi connectivity index (χ2v) is 12.0. The van der Waals surface area contributed by atoms with Gasteiger partial charge in [0, 0.05) is 19.5 Å². The molecule has 0 aliphatic rings. The van der Waals surface area contributed by atoms with Crippen molar-refractivity contribution in [2.75, 3.05) is 28.3 Å². The maximum atomic E-state index is 11.6. The van der Waals surface area contributed by atoms with Crippen LogP contribution in [0.3, 0.4) is 0 Å². The van der Waals surface area contributed by atoms with Crippen LogP contribution in [0, 0.1) is 0 Å². The summed E-state index contributed by atoms with van der Waals surface area (Å²) in [5.41, 5.74) is 2.94. The molecule has 10 heteroatoms. The predicted octanol–water partition coefficient (Wildman–Crippen LogP) is 5.92. The Morgan fingerprint density at radius 3 is 1.61 bits per heavy atom. The molecule has 0 unspecified atom stereocenters. The lowest BCUT2D eigenvalue weighted by Crippen LogP contribution is -2.29. The zero-order chi connectivity index (χ0) is 33.1. The summed E-state index contributed by atoms with van der Waals surface area (Å²) in [5.74, 6) is 1.94. The summed E-state index contributed by atoms with van der Waals surface area (Å²) in [5, 5.41) is 21.7. The molecule has 6 aromatic rings. The molecule has 0 amide bonds. The Morgan fingerprint density at radius 1 is 0.587 bits per heavy atom. The molecule has 6 rings (SSSR count). The molecule has 0 spiro atoms. The molecule has 0 fully saturated rings. The average Bonchev–Trinajstić information content (AvgIpc) is 3.08. The summed E-state index contributed by atoms with van der Waals surface area (Å²) in [6.07, 6.45) is 0. The molecule has 236 valence electrons. The first-order valence-electron chi connectivity index (χ1n) is 14.3. The molecule has 8 nitrogen and oxygen atoms in total. The number of benzene rings is 6. The van der Waals surface area contributed by atoms with E-state index >= 15 is 0 Å². The van der Waals surface area contributed by atoms with Crippen LogP contribution in [0.25, 0.3) is 32.7 Å². The average molecular weight is 638 g/mol.